The van der Waals surface area contributed by atoms with Crippen LogP contribution in [0.5, 0.6) is 17.2 Å². The second-order valence-electron chi connectivity index (χ2n) is 5.53. The lowest BCUT2D eigenvalue weighted by atomic mass is 10.0. The van der Waals surface area contributed by atoms with E-state index in [1.54, 1.807) is 33.5 Å². The molecule has 4 heteroatoms. The molecule has 4 nitrogen and oxygen atoms in total. The molecule has 0 amide bonds. The van der Waals surface area contributed by atoms with Gasteiger partial charge >= 0.3 is 0 Å². The molecule has 0 N–H and O–H groups in total. The van der Waals surface area contributed by atoms with Crippen molar-refractivity contribution in [2.24, 2.45) is 0 Å². The maximum Gasteiger partial charge on any atom is 0.203 e. The third kappa shape index (κ3) is 4.51. The fourth-order valence-electron chi connectivity index (χ4n) is 2.65. The van der Waals surface area contributed by atoms with Gasteiger partial charge < -0.3 is 14.2 Å². The predicted octanol–water partition coefficient (Wildman–Crippen LogP) is 4.31. The van der Waals surface area contributed by atoms with E-state index in [9.17, 15) is 4.79 Å². The number of hydrogen-bond donors (Lipinski definition) is 0. The summed E-state index contributed by atoms with van der Waals surface area (Å²) in [5.41, 5.74) is 1.89. The Bertz CT molecular complexity index is 640. The minimum Gasteiger partial charge on any atom is -0.493 e. The number of unbranched alkanes of at least 4 members (excludes halogenated alkanes) is 1. The molecule has 0 radical (unpaired) electrons. The van der Waals surface area contributed by atoms with E-state index in [-0.39, 0.29) is 5.78 Å². The number of hydrogen-bond acceptors (Lipinski definition) is 4. The second-order valence-corrected chi connectivity index (χ2v) is 5.53. The van der Waals surface area contributed by atoms with Gasteiger partial charge in [0.25, 0.3) is 0 Å². The van der Waals surface area contributed by atoms with Crippen LogP contribution in [0.3, 0.4) is 0 Å². The lowest BCUT2D eigenvalue weighted by Gasteiger charge is -2.13. The van der Waals surface area contributed by atoms with E-state index in [2.05, 4.69) is 12.1 Å². The first-order valence-electron chi connectivity index (χ1n) is 8.06. The summed E-state index contributed by atoms with van der Waals surface area (Å²) in [6.45, 7) is 0. The van der Waals surface area contributed by atoms with Gasteiger partial charge in [-0.15, -0.1) is 0 Å². The van der Waals surface area contributed by atoms with Gasteiger partial charge in [0.2, 0.25) is 5.75 Å². The van der Waals surface area contributed by atoms with Crippen molar-refractivity contribution >= 4 is 5.78 Å². The molecule has 0 aliphatic rings. The Morgan fingerprint density at radius 2 is 1.50 bits per heavy atom. The van der Waals surface area contributed by atoms with Crippen molar-refractivity contribution in [3.05, 3.63) is 53.6 Å². The highest BCUT2D eigenvalue weighted by atomic mass is 16.5. The highest BCUT2D eigenvalue weighted by Gasteiger charge is 2.16. The van der Waals surface area contributed by atoms with Gasteiger partial charge in [-0.25, -0.2) is 0 Å². The van der Waals surface area contributed by atoms with Crippen molar-refractivity contribution in [3.63, 3.8) is 0 Å². The van der Waals surface area contributed by atoms with Gasteiger partial charge in [-0.05, 0) is 37.0 Å². The van der Waals surface area contributed by atoms with E-state index in [0.717, 1.165) is 19.3 Å². The summed E-state index contributed by atoms with van der Waals surface area (Å²) in [5.74, 6) is 1.59. The quantitative estimate of drug-likeness (QED) is 0.508. The number of carbonyl (C=O) groups is 1. The van der Waals surface area contributed by atoms with Crippen LogP contribution in [0.2, 0.25) is 0 Å². The Hall–Kier alpha value is -2.49. The monoisotopic (exact) mass is 328 g/mol. The maximum atomic E-state index is 12.4. The number of ether oxygens (including phenoxy) is 3. The molecular weight excluding hydrogens is 304 g/mol. The second kappa shape index (κ2) is 8.96. The number of rotatable bonds is 9. The molecule has 2 rings (SSSR count). The fraction of sp³-hybridized carbons (Fsp3) is 0.350. The van der Waals surface area contributed by atoms with Crippen LogP contribution >= 0.6 is 0 Å². The number of methoxy groups -OCH3 is 3. The first-order valence-corrected chi connectivity index (χ1v) is 8.06. The maximum absolute atomic E-state index is 12.4. The van der Waals surface area contributed by atoms with Gasteiger partial charge in [-0.1, -0.05) is 30.3 Å². The van der Waals surface area contributed by atoms with Gasteiger partial charge in [-0.3, -0.25) is 4.79 Å². The molecule has 0 heterocycles. The molecule has 24 heavy (non-hydrogen) atoms. The van der Waals surface area contributed by atoms with E-state index in [1.807, 2.05) is 18.2 Å². The van der Waals surface area contributed by atoms with Crippen LogP contribution in [0, 0.1) is 0 Å². The molecule has 0 fully saturated rings. The van der Waals surface area contributed by atoms with Crippen LogP contribution in [-0.2, 0) is 6.42 Å². The minimum absolute atomic E-state index is 0.0855. The van der Waals surface area contributed by atoms with Crippen molar-refractivity contribution in [1.82, 2.24) is 0 Å². The molecule has 0 aliphatic carbocycles. The van der Waals surface area contributed by atoms with Crippen LogP contribution < -0.4 is 14.2 Å². The van der Waals surface area contributed by atoms with Crippen molar-refractivity contribution in [2.75, 3.05) is 21.3 Å². The zero-order valence-corrected chi connectivity index (χ0v) is 14.5. The van der Waals surface area contributed by atoms with E-state index in [4.69, 9.17) is 14.2 Å². The van der Waals surface area contributed by atoms with Crippen molar-refractivity contribution in [1.29, 1.82) is 0 Å². The smallest absolute Gasteiger partial charge is 0.203 e. The molecule has 0 bridgehead atoms. The van der Waals surface area contributed by atoms with Gasteiger partial charge in [0.15, 0.2) is 17.3 Å². The zero-order chi connectivity index (χ0) is 17.4. The normalized spacial score (nSPS) is 10.3. The van der Waals surface area contributed by atoms with Crippen LogP contribution in [-0.4, -0.2) is 27.1 Å². The largest absolute Gasteiger partial charge is 0.493 e. The Kier molecular flexibility index (Phi) is 6.67. The zero-order valence-electron chi connectivity index (χ0n) is 14.5. The topological polar surface area (TPSA) is 44.8 Å². The SMILES string of the molecule is COc1cc(C(=O)CCCCc2ccccc2)cc(OC)c1OC. The summed E-state index contributed by atoms with van der Waals surface area (Å²) >= 11 is 0. The van der Waals surface area contributed by atoms with Gasteiger partial charge in [-0.2, -0.15) is 0 Å². The first-order chi connectivity index (χ1) is 11.7. The molecule has 2 aromatic carbocycles. The Balaban J connectivity index is 1.96. The summed E-state index contributed by atoms with van der Waals surface area (Å²) in [4.78, 5) is 12.4. The van der Waals surface area contributed by atoms with Crippen LogP contribution in [0.1, 0.15) is 35.2 Å². The molecule has 0 spiro atoms. The number of ketones is 1. The van der Waals surface area contributed by atoms with Crippen molar-refractivity contribution in [3.8, 4) is 17.2 Å². The van der Waals surface area contributed by atoms with Crippen molar-refractivity contribution < 1.29 is 19.0 Å². The molecule has 128 valence electrons. The predicted molar refractivity (Wildman–Crippen MR) is 94.4 cm³/mol. The highest BCUT2D eigenvalue weighted by molar-refractivity contribution is 5.97. The molecule has 0 aliphatic heterocycles. The lowest BCUT2D eigenvalue weighted by molar-refractivity contribution is 0.0978. The van der Waals surface area contributed by atoms with Crippen molar-refractivity contribution in [2.45, 2.75) is 25.7 Å². The van der Waals surface area contributed by atoms with Gasteiger partial charge in [0.1, 0.15) is 0 Å². The average Bonchev–Trinajstić information content (AvgIpc) is 2.64. The average molecular weight is 328 g/mol. The minimum atomic E-state index is 0.0855. The summed E-state index contributed by atoms with van der Waals surface area (Å²) in [6.07, 6.45) is 3.33. The molecule has 0 unspecified atom stereocenters. The lowest BCUT2D eigenvalue weighted by Crippen LogP contribution is -2.03. The van der Waals surface area contributed by atoms with E-state index in [1.165, 1.54) is 5.56 Å². The molecular formula is C20H24O4. The third-order valence-corrected chi connectivity index (χ3v) is 3.95. The van der Waals surface area contributed by atoms with E-state index in [0.29, 0.717) is 29.2 Å². The summed E-state index contributed by atoms with van der Waals surface area (Å²) in [7, 11) is 4.64. The Labute approximate surface area is 143 Å². The fourth-order valence-corrected chi connectivity index (χ4v) is 2.65. The number of aryl methyl sites for hydroxylation is 1. The molecule has 0 aromatic heterocycles. The third-order valence-electron chi connectivity index (χ3n) is 3.95. The van der Waals surface area contributed by atoms with Gasteiger partial charge in [0.05, 0.1) is 21.3 Å². The Morgan fingerprint density at radius 1 is 0.875 bits per heavy atom. The summed E-state index contributed by atoms with van der Waals surface area (Å²) < 4.78 is 15.9. The van der Waals surface area contributed by atoms with Crippen LogP contribution in [0.4, 0.5) is 0 Å². The van der Waals surface area contributed by atoms with E-state index < -0.39 is 0 Å². The van der Waals surface area contributed by atoms with E-state index >= 15 is 0 Å². The molecule has 0 saturated carbocycles. The first kappa shape index (κ1) is 17.9. The summed E-state index contributed by atoms with van der Waals surface area (Å²) in [5, 5.41) is 0. The molecule has 0 saturated heterocycles. The molecule has 0 atom stereocenters. The van der Waals surface area contributed by atoms with Crippen LogP contribution in [0.15, 0.2) is 42.5 Å². The number of carbonyl (C=O) groups excluding carboxylic acids is 1. The van der Waals surface area contributed by atoms with Crippen LogP contribution in [0.25, 0.3) is 0 Å². The Morgan fingerprint density at radius 3 is 2.04 bits per heavy atom. The number of benzene rings is 2. The highest BCUT2D eigenvalue weighted by Crippen LogP contribution is 2.38. The molecule has 2 aromatic rings. The summed E-state index contributed by atoms with van der Waals surface area (Å²) in [6, 6.07) is 13.7. The van der Waals surface area contributed by atoms with Gasteiger partial charge in [0, 0.05) is 12.0 Å². The standard InChI is InChI=1S/C20H24O4/c1-22-18-13-16(14-19(23-2)20(18)24-3)17(21)12-8-7-11-15-9-5-4-6-10-15/h4-6,9-10,13-14H,7-8,11-12H2,1-3H3. The number of Topliss-reactive ketones (excluding diaryl/α,β-unsaturated/α-hetero) is 1.